The van der Waals surface area contributed by atoms with E-state index in [0.29, 0.717) is 23.5 Å². The van der Waals surface area contributed by atoms with E-state index < -0.39 is 0 Å². The number of carbonyl (C=O) groups is 2. The molecule has 0 unspecified atom stereocenters. The van der Waals surface area contributed by atoms with Crippen molar-refractivity contribution >= 4 is 17.6 Å². The number of hydrogen-bond acceptors (Lipinski definition) is 5. The Kier molecular flexibility index (Phi) is 5.39. The number of likely N-dealkylation sites (tertiary alicyclic amines) is 1. The molecule has 29 heavy (non-hydrogen) atoms. The first-order valence-electron chi connectivity index (χ1n) is 10.2. The van der Waals surface area contributed by atoms with Crippen molar-refractivity contribution in [1.29, 1.82) is 0 Å². The number of benzene rings is 1. The molecule has 0 aliphatic carbocycles. The Bertz CT molecular complexity index is 844. The standard InChI is InChI=1S/C22H28N2O5/c1-27-18-8-6-7-15(20(18)28-2)16-13-14-9-10-17(19(16)21(25)29-3)24(14)22(26)23-11-4-5-12-23/h6-8,14,17H,4-5,9-13H2,1-3H3/t14-,17+/m0/s1. The number of ether oxygens (including phenoxy) is 3. The van der Waals surface area contributed by atoms with Crippen LogP contribution in [0, 0.1) is 0 Å². The maximum absolute atomic E-state index is 13.2. The van der Waals surface area contributed by atoms with E-state index in [4.69, 9.17) is 14.2 Å². The van der Waals surface area contributed by atoms with Gasteiger partial charge in [-0.05, 0) is 43.7 Å². The average Bonchev–Trinajstić information content (AvgIpc) is 3.39. The zero-order valence-electron chi connectivity index (χ0n) is 17.3. The van der Waals surface area contributed by atoms with Gasteiger partial charge in [0.25, 0.3) is 0 Å². The van der Waals surface area contributed by atoms with E-state index in [1.54, 1.807) is 14.2 Å². The number of hydrogen-bond donors (Lipinski definition) is 0. The molecule has 3 aliphatic rings. The van der Waals surface area contributed by atoms with Gasteiger partial charge in [-0.1, -0.05) is 12.1 Å². The molecule has 2 atom stereocenters. The summed E-state index contributed by atoms with van der Waals surface area (Å²) in [5.41, 5.74) is 2.29. The predicted octanol–water partition coefficient (Wildman–Crippen LogP) is 3.08. The number of amides is 2. The van der Waals surface area contributed by atoms with Crippen LogP contribution >= 0.6 is 0 Å². The van der Waals surface area contributed by atoms with E-state index in [-0.39, 0.29) is 24.1 Å². The number of methoxy groups -OCH3 is 3. The van der Waals surface area contributed by atoms with Crippen molar-refractivity contribution in [1.82, 2.24) is 9.80 Å². The Morgan fingerprint density at radius 3 is 2.45 bits per heavy atom. The lowest BCUT2D eigenvalue weighted by molar-refractivity contribution is -0.136. The van der Waals surface area contributed by atoms with Crippen LogP contribution in [0.1, 0.15) is 37.7 Å². The Hall–Kier alpha value is -2.70. The summed E-state index contributed by atoms with van der Waals surface area (Å²) in [6.45, 7) is 1.59. The molecular weight excluding hydrogens is 372 g/mol. The summed E-state index contributed by atoms with van der Waals surface area (Å²) in [6.07, 6.45) is 4.33. The zero-order chi connectivity index (χ0) is 20.5. The highest BCUT2D eigenvalue weighted by molar-refractivity contribution is 6.01. The van der Waals surface area contributed by atoms with Crippen LogP contribution in [0.15, 0.2) is 23.8 Å². The first kappa shape index (κ1) is 19.6. The molecule has 0 radical (unpaired) electrons. The quantitative estimate of drug-likeness (QED) is 0.727. The molecule has 0 spiro atoms. The van der Waals surface area contributed by atoms with Crippen molar-refractivity contribution < 1.29 is 23.8 Å². The maximum Gasteiger partial charge on any atom is 0.336 e. The van der Waals surface area contributed by atoms with Gasteiger partial charge in [-0.25, -0.2) is 9.59 Å². The summed E-state index contributed by atoms with van der Waals surface area (Å²) in [6, 6.07) is 5.53. The lowest BCUT2D eigenvalue weighted by Gasteiger charge is -2.39. The van der Waals surface area contributed by atoms with Gasteiger partial charge < -0.3 is 24.0 Å². The van der Waals surface area contributed by atoms with Crippen LogP contribution in [-0.2, 0) is 9.53 Å². The minimum Gasteiger partial charge on any atom is -0.493 e. The van der Waals surface area contributed by atoms with E-state index in [9.17, 15) is 9.59 Å². The van der Waals surface area contributed by atoms with E-state index in [2.05, 4.69) is 0 Å². The van der Waals surface area contributed by atoms with E-state index in [1.807, 2.05) is 28.0 Å². The number of para-hydroxylation sites is 1. The third-order valence-corrected chi connectivity index (χ3v) is 6.33. The fourth-order valence-corrected chi connectivity index (χ4v) is 5.02. The third kappa shape index (κ3) is 3.22. The lowest BCUT2D eigenvalue weighted by Crippen LogP contribution is -2.51. The summed E-state index contributed by atoms with van der Waals surface area (Å²) in [4.78, 5) is 29.9. The van der Waals surface area contributed by atoms with Gasteiger partial charge in [0.2, 0.25) is 0 Å². The van der Waals surface area contributed by atoms with Crippen LogP contribution in [0.25, 0.3) is 5.57 Å². The number of fused-ring (bicyclic) bond motifs is 2. The molecule has 156 valence electrons. The SMILES string of the molecule is COC(=O)C1=C(c2cccc(OC)c2OC)C[C@@H]2CC[C@H]1N2C(=O)N1CCCC1. The van der Waals surface area contributed by atoms with Gasteiger partial charge in [-0.3, -0.25) is 0 Å². The number of esters is 1. The molecule has 7 nitrogen and oxygen atoms in total. The van der Waals surface area contributed by atoms with Gasteiger partial charge in [0.15, 0.2) is 11.5 Å². The molecule has 2 saturated heterocycles. The van der Waals surface area contributed by atoms with Crippen molar-refractivity contribution in [2.75, 3.05) is 34.4 Å². The van der Waals surface area contributed by atoms with E-state index in [0.717, 1.165) is 49.9 Å². The molecule has 1 aromatic rings. The minimum absolute atomic E-state index is 0.0491. The molecule has 0 saturated carbocycles. The van der Waals surface area contributed by atoms with E-state index >= 15 is 0 Å². The summed E-state index contributed by atoms with van der Waals surface area (Å²) < 4.78 is 16.2. The number of nitrogens with zero attached hydrogens (tertiary/aromatic N) is 2. The number of urea groups is 1. The average molecular weight is 400 g/mol. The van der Waals surface area contributed by atoms with Crippen LogP contribution in [-0.4, -0.2) is 68.3 Å². The van der Waals surface area contributed by atoms with Gasteiger partial charge >= 0.3 is 12.0 Å². The Balaban J connectivity index is 1.80. The van der Waals surface area contributed by atoms with Crippen LogP contribution in [0.4, 0.5) is 4.79 Å². The molecule has 0 N–H and O–H groups in total. The molecule has 7 heteroatoms. The minimum atomic E-state index is -0.380. The lowest BCUT2D eigenvalue weighted by atomic mass is 9.87. The summed E-state index contributed by atoms with van der Waals surface area (Å²) in [7, 11) is 4.59. The maximum atomic E-state index is 13.2. The highest BCUT2D eigenvalue weighted by Crippen LogP contribution is 2.47. The van der Waals surface area contributed by atoms with Crippen LogP contribution in [0.3, 0.4) is 0 Å². The topological polar surface area (TPSA) is 68.3 Å². The van der Waals surface area contributed by atoms with Gasteiger partial charge in [0.05, 0.1) is 32.9 Å². The van der Waals surface area contributed by atoms with Crippen molar-refractivity contribution in [2.45, 2.75) is 44.2 Å². The molecule has 0 aromatic heterocycles. The smallest absolute Gasteiger partial charge is 0.336 e. The normalized spacial score (nSPS) is 23.4. The number of rotatable bonds is 4. The first-order chi connectivity index (χ1) is 14.1. The largest absolute Gasteiger partial charge is 0.493 e. The van der Waals surface area contributed by atoms with Gasteiger partial charge in [-0.2, -0.15) is 0 Å². The predicted molar refractivity (Wildman–Crippen MR) is 108 cm³/mol. The molecule has 3 aliphatic heterocycles. The van der Waals surface area contributed by atoms with Crippen molar-refractivity contribution in [2.24, 2.45) is 0 Å². The van der Waals surface area contributed by atoms with Crippen LogP contribution in [0.5, 0.6) is 11.5 Å². The van der Waals surface area contributed by atoms with Gasteiger partial charge in [-0.15, -0.1) is 0 Å². The van der Waals surface area contributed by atoms with E-state index in [1.165, 1.54) is 7.11 Å². The summed E-state index contributed by atoms with van der Waals surface area (Å²) >= 11 is 0. The zero-order valence-corrected chi connectivity index (χ0v) is 17.3. The highest BCUT2D eigenvalue weighted by atomic mass is 16.5. The Morgan fingerprint density at radius 2 is 1.79 bits per heavy atom. The molecular formula is C22H28N2O5. The fourth-order valence-electron chi connectivity index (χ4n) is 5.02. The van der Waals surface area contributed by atoms with Crippen LogP contribution < -0.4 is 9.47 Å². The summed E-state index contributed by atoms with van der Waals surface area (Å²) in [5, 5.41) is 0. The Morgan fingerprint density at radius 1 is 1.03 bits per heavy atom. The summed E-state index contributed by atoms with van der Waals surface area (Å²) in [5.74, 6) is 0.837. The van der Waals surface area contributed by atoms with Gasteiger partial charge in [0, 0.05) is 24.7 Å². The molecule has 4 rings (SSSR count). The second kappa shape index (κ2) is 7.97. The monoisotopic (exact) mass is 400 g/mol. The second-order valence-electron chi connectivity index (χ2n) is 7.76. The van der Waals surface area contributed by atoms with Gasteiger partial charge in [0.1, 0.15) is 0 Å². The second-order valence-corrected chi connectivity index (χ2v) is 7.76. The molecule has 2 amide bonds. The highest BCUT2D eigenvalue weighted by Gasteiger charge is 2.48. The molecule has 2 bridgehead atoms. The Labute approximate surface area is 171 Å². The molecule has 2 fully saturated rings. The molecule has 3 heterocycles. The van der Waals surface area contributed by atoms with Crippen LogP contribution in [0.2, 0.25) is 0 Å². The fraction of sp³-hybridized carbons (Fsp3) is 0.545. The van der Waals surface area contributed by atoms with Crippen molar-refractivity contribution in [3.05, 3.63) is 29.3 Å². The number of carbonyl (C=O) groups excluding carboxylic acids is 2. The third-order valence-electron chi connectivity index (χ3n) is 6.33. The first-order valence-corrected chi connectivity index (χ1v) is 10.2. The molecule has 1 aromatic carbocycles. The van der Waals surface area contributed by atoms with Crippen molar-refractivity contribution in [3.63, 3.8) is 0 Å². The van der Waals surface area contributed by atoms with Crippen molar-refractivity contribution in [3.8, 4) is 11.5 Å².